The van der Waals surface area contributed by atoms with E-state index in [0.717, 1.165) is 11.1 Å². The van der Waals surface area contributed by atoms with E-state index in [1.165, 1.54) is 0 Å². The molecule has 1 aromatic heterocycles. The largest absolute Gasteiger partial charge is 0.383 e. The van der Waals surface area contributed by atoms with Crippen molar-refractivity contribution in [3.05, 3.63) is 58.7 Å². The second-order valence-corrected chi connectivity index (χ2v) is 4.40. The summed E-state index contributed by atoms with van der Waals surface area (Å²) in [5, 5.41) is 0.683. The van der Waals surface area contributed by atoms with Crippen molar-refractivity contribution in [1.29, 1.82) is 0 Å². The number of hydrogen-bond donors (Lipinski definition) is 3. The molecule has 4 nitrogen and oxygen atoms in total. The molecule has 0 amide bonds. The average molecular weight is 263 g/mol. The zero-order valence-electron chi connectivity index (χ0n) is 9.81. The van der Waals surface area contributed by atoms with Gasteiger partial charge in [-0.2, -0.15) is 0 Å². The van der Waals surface area contributed by atoms with E-state index in [9.17, 15) is 0 Å². The second kappa shape index (κ2) is 5.82. The summed E-state index contributed by atoms with van der Waals surface area (Å²) in [5.74, 6) is 6.12. The van der Waals surface area contributed by atoms with Gasteiger partial charge in [-0.05, 0) is 29.7 Å². The third-order valence-electron chi connectivity index (χ3n) is 2.83. The Kier molecular flexibility index (Phi) is 4.15. The van der Waals surface area contributed by atoms with Crippen LogP contribution in [0.3, 0.4) is 0 Å². The van der Waals surface area contributed by atoms with E-state index in [1.54, 1.807) is 6.20 Å². The first-order valence-corrected chi connectivity index (χ1v) is 6.00. The number of halogens is 1. The second-order valence-electron chi connectivity index (χ2n) is 3.99. The van der Waals surface area contributed by atoms with Gasteiger partial charge in [-0.1, -0.05) is 35.9 Å². The molecule has 1 unspecified atom stereocenters. The first-order chi connectivity index (χ1) is 8.72. The monoisotopic (exact) mass is 262 g/mol. The summed E-state index contributed by atoms with van der Waals surface area (Å²) in [5.41, 5.74) is 10.5. The molecule has 18 heavy (non-hydrogen) atoms. The van der Waals surface area contributed by atoms with Crippen LogP contribution in [-0.4, -0.2) is 4.98 Å². The molecule has 0 bridgehead atoms. The number of pyridine rings is 1. The number of aromatic nitrogens is 1. The van der Waals surface area contributed by atoms with Gasteiger partial charge in [-0.25, -0.2) is 4.98 Å². The van der Waals surface area contributed by atoms with Gasteiger partial charge in [0.2, 0.25) is 0 Å². The van der Waals surface area contributed by atoms with Gasteiger partial charge < -0.3 is 5.73 Å². The molecule has 0 aliphatic carbocycles. The van der Waals surface area contributed by atoms with Gasteiger partial charge in [0.15, 0.2) is 0 Å². The van der Waals surface area contributed by atoms with Crippen molar-refractivity contribution >= 4 is 17.4 Å². The van der Waals surface area contributed by atoms with Gasteiger partial charge in [0.1, 0.15) is 5.82 Å². The highest BCUT2D eigenvalue weighted by Crippen LogP contribution is 2.26. The van der Waals surface area contributed by atoms with Crippen molar-refractivity contribution in [1.82, 2.24) is 10.4 Å². The lowest BCUT2D eigenvalue weighted by atomic mass is 10.00. The van der Waals surface area contributed by atoms with Crippen LogP contribution in [0.15, 0.2) is 42.6 Å². The minimum absolute atomic E-state index is 0.0924. The van der Waals surface area contributed by atoms with Crippen molar-refractivity contribution in [2.24, 2.45) is 5.84 Å². The lowest BCUT2D eigenvalue weighted by Gasteiger charge is -2.18. The average Bonchev–Trinajstić information content (AvgIpc) is 2.39. The van der Waals surface area contributed by atoms with E-state index >= 15 is 0 Å². The predicted octanol–water partition coefficient (Wildman–Crippen LogP) is 2.06. The topological polar surface area (TPSA) is 77.0 Å². The minimum atomic E-state index is -0.0924. The first kappa shape index (κ1) is 12.8. The van der Waals surface area contributed by atoms with Gasteiger partial charge >= 0.3 is 0 Å². The minimum Gasteiger partial charge on any atom is -0.383 e. The van der Waals surface area contributed by atoms with Crippen molar-refractivity contribution in [3.8, 4) is 0 Å². The van der Waals surface area contributed by atoms with Gasteiger partial charge in [0, 0.05) is 11.2 Å². The smallest absolute Gasteiger partial charge is 0.126 e. The molecule has 2 aromatic rings. The summed E-state index contributed by atoms with van der Waals surface area (Å²) in [6.45, 7) is 0. The van der Waals surface area contributed by atoms with Crippen LogP contribution in [-0.2, 0) is 6.42 Å². The third-order valence-corrected chi connectivity index (χ3v) is 3.18. The number of nitrogen functional groups attached to an aromatic ring is 1. The summed E-state index contributed by atoms with van der Waals surface area (Å²) in [6.07, 6.45) is 2.30. The van der Waals surface area contributed by atoms with Crippen molar-refractivity contribution in [2.45, 2.75) is 12.5 Å². The maximum absolute atomic E-state index is 6.16. The third kappa shape index (κ3) is 2.79. The summed E-state index contributed by atoms with van der Waals surface area (Å²) in [6, 6.07) is 11.3. The molecule has 0 radical (unpaired) electrons. The van der Waals surface area contributed by atoms with Crippen LogP contribution in [0.1, 0.15) is 17.2 Å². The Morgan fingerprint density at radius 1 is 1.22 bits per heavy atom. The van der Waals surface area contributed by atoms with E-state index in [0.29, 0.717) is 17.3 Å². The van der Waals surface area contributed by atoms with E-state index in [1.807, 2.05) is 36.4 Å². The quantitative estimate of drug-likeness (QED) is 0.582. The Morgan fingerprint density at radius 2 is 2.00 bits per heavy atom. The molecule has 0 saturated heterocycles. The predicted molar refractivity (Wildman–Crippen MR) is 73.9 cm³/mol. The Bertz CT molecular complexity index is 530. The molecule has 2 rings (SSSR count). The fourth-order valence-electron chi connectivity index (χ4n) is 1.86. The molecule has 0 aliphatic heterocycles. The fraction of sp³-hybridized carbons (Fsp3) is 0.154. The maximum atomic E-state index is 6.16. The number of benzene rings is 1. The Balaban J connectivity index is 2.26. The molecule has 94 valence electrons. The number of nitrogens with one attached hydrogen (secondary N) is 1. The zero-order chi connectivity index (χ0) is 13.0. The van der Waals surface area contributed by atoms with Crippen LogP contribution >= 0.6 is 11.6 Å². The van der Waals surface area contributed by atoms with Crippen LogP contribution < -0.4 is 17.0 Å². The summed E-state index contributed by atoms with van der Waals surface area (Å²) in [7, 11) is 0. The standard InChI is InChI=1S/C13H15ClN4/c14-11-6-2-1-5-10(11)12(18-16)8-9-4-3-7-17-13(9)15/h1-7,12,18H,8,16H2,(H2,15,17). The van der Waals surface area contributed by atoms with Gasteiger partial charge in [-0.3, -0.25) is 11.3 Å². The zero-order valence-corrected chi connectivity index (χ0v) is 10.6. The number of nitrogens with two attached hydrogens (primary N) is 2. The first-order valence-electron chi connectivity index (χ1n) is 5.62. The molecule has 0 saturated carbocycles. The van der Waals surface area contributed by atoms with Crippen molar-refractivity contribution in [2.75, 3.05) is 5.73 Å². The van der Waals surface area contributed by atoms with Crippen LogP contribution in [0.5, 0.6) is 0 Å². The number of hydrogen-bond acceptors (Lipinski definition) is 4. The molecule has 1 aromatic carbocycles. The summed E-state index contributed by atoms with van der Waals surface area (Å²) < 4.78 is 0. The molecule has 5 heteroatoms. The van der Waals surface area contributed by atoms with E-state index in [-0.39, 0.29) is 6.04 Å². The van der Waals surface area contributed by atoms with Gasteiger partial charge in [-0.15, -0.1) is 0 Å². The Morgan fingerprint density at radius 3 is 2.67 bits per heavy atom. The Labute approximate surface area is 111 Å². The van der Waals surface area contributed by atoms with Crippen LogP contribution in [0, 0.1) is 0 Å². The number of nitrogens with zero attached hydrogens (tertiary/aromatic N) is 1. The lowest BCUT2D eigenvalue weighted by molar-refractivity contribution is 0.552. The van der Waals surface area contributed by atoms with Crippen LogP contribution in [0.2, 0.25) is 5.02 Å². The molecule has 0 fully saturated rings. The highest BCUT2D eigenvalue weighted by atomic mass is 35.5. The Hall–Kier alpha value is -1.62. The number of rotatable bonds is 4. The normalized spacial score (nSPS) is 12.3. The van der Waals surface area contributed by atoms with E-state index < -0.39 is 0 Å². The molecule has 0 aliphatic rings. The van der Waals surface area contributed by atoms with E-state index in [2.05, 4.69) is 10.4 Å². The fourth-order valence-corrected chi connectivity index (χ4v) is 2.13. The molecule has 1 heterocycles. The van der Waals surface area contributed by atoms with E-state index in [4.69, 9.17) is 23.2 Å². The molecule has 1 atom stereocenters. The number of hydrazine groups is 1. The highest BCUT2D eigenvalue weighted by Gasteiger charge is 2.14. The lowest BCUT2D eigenvalue weighted by Crippen LogP contribution is -2.30. The molecular formula is C13H15ClN4. The van der Waals surface area contributed by atoms with Crippen molar-refractivity contribution < 1.29 is 0 Å². The SMILES string of the molecule is NNC(Cc1cccnc1N)c1ccccc1Cl. The van der Waals surface area contributed by atoms with Gasteiger partial charge in [0.05, 0.1) is 6.04 Å². The highest BCUT2D eigenvalue weighted by molar-refractivity contribution is 6.31. The van der Waals surface area contributed by atoms with Gasteiger partial charge in [0.25, 0.3) is 0 Å². The molecular weight excluding hydrogens is 248 g/mol. The van der Waals surface area contributed by atoms with Crippen LogP contribution in [0.4, 0.5) is 5.82 Å². The molecule has 5 N–H and O–H groups in total. The number of anilines is 1. The van der Waals surface area contributed by atoms with Crippen molar-refractivity contribution in [3.63, 3.8) is 0 Å². The van der Waals surface area contributed by atoms with Crippen LogP contribution in [0.25, 0.3) is 0 Å². The summed E-state index contributed by atoms with van der Waals surface area (Å²) >= 11 is 6.16. The molecule has 0 spiro atoms. The maximum Gasteiger partial charge on any atom is 0.126 e. The summed E-state index contributed by atoms with van der Waals surface area (Å²) in [4.78, 5) is 4.06.